The van der Waals surface area contributed by atoms with Crippen molar-refractivity contribution in [1.82, 2.24) is 34.9 Å². The highest BCUT2D eigenvalue weighted by Crippen LogP contribution is 2.42. The van der Waals surface area contributed by atoms with E-state index in [2.05, 4.69) is 30.6 Å². The van der Waals surface area contributed by atoms with Gasteiger partial charge >= 0.3 is 0 Å². The van der Waals surface area contributed by atoms with Gasteiger partial charge < -0.3 is 20.5 Å². The summed E-state index contributed by atoms with van der Waals surface area (Å²) >= 11 is 0. The molecule has 2 bridgehead atoms. The van der Waals surface area contributed by atoms with E-state index in [-0.39, 0.29) is 0 Å². The second kappa shape index (κ2) is 7.59. The van der Waals surface area contributed by atoms with Crippen LogP contribution in [0.1, 0.15) is 49.4 Å². The molecule has 2 atom stereocenters. The average molecular weight is 466 g/mol. The van der Waals surface area contributed by atoms with Crippen LogP contribution >= 0.6 is 0 Å². The fourth-order valence-corrected chi connectivity index (χ4v) is 5.27. The van der Waals surface area contributed by atoms with Gasteiger partial charge in [-0.3, -0.25) is 0 Å². The third kappa shape index (κ3) is 3.37. The lowest BCUT2D eigenvalue weighted by atomic mass is 10.1. The molecule has 34 heavy (non-hydrogen) atoms. The predicted octanol–water partition coefficient (Wildman–Crippen LogP) is 3.10. The molecule has 176 valence electrons. The van der Waals surface area contributed by atoms with Gasteiger partial charge in [0.15, 0.2) is 17.3 Å². The summed E-state index contributed by atoms with van der Waals surface area (Å²) in [6.07, 6.45) is 7.73. The number of H-pyrrole nitrogens is 1. The predicted molar refractivity (Wildman–Crippen MR) is 123 cm³/mol. The number of nitrogens with one attached hydrogen (secondary N) is 3. The highest BCUT2D eigenvalue weighted by Gasteiger charge is 2.34. The molecule has 9 nitrogen and oxygen atoms in total. The minimum absolute atomic E-state index is 0.301. The molecule has 3 aliphatic heterocycles. The number of anilines is 2. The molecule has 4 aromatic rings. The first-order valence-electron chi connectivity index (χ1n) is 12.0. The molecule has 4 fully saturated rings. The van der Waals surface area contributed by atoms with Gasteiger partial charge in [0.2, 0.25) is 11.9 Å². The van der Waals surface area contributed by atoms with E-state index >= 15 is 0 Å². The zero-order valence-corrected chi connectivity index (χ0v) is 18.6. The molecule has 3 aromatic heterocycles. The van der Waals surface area contributed by atoms with Crippen molar-refractivity contribution in [2.45, 2.75) is 56.7 Å². The van der Waals surface area contributed by atoms with Crippen LogP contribution in [0.25, 0.3) is 16.7 Å². The zero-order chi connectivity index (χ0) is 22.8. The molecule has 3 N–H and O–H groups in total. The first-order chi connectivity index (χ1) is 16.6. The van der Waals surface area contributed by atoms with Gasteiger partial charge in [-0.15, -0.1) is 0 Å². The molecule has 6 heterocycles. The van der Waals surface area contributed by atoms with Crippen LogP contribution in [0.15, 0.2) is 18.3 Å². The van der Waals surface area contributed by atoms with Gasteiger partial charge in [-0.25, -0.2) is 13.8 Å². The number of fused-ring (bicyclic) bond motifs is 6. The number of halogens is 2. The number of benzene rings is 1. The smallest absolute Gasteiger partial charge is 0.231 e. The third-order valence-electron chi connectivity index (χ3n) is 7.23. The summed E-state index contributed by atoms with van der Waals surface area (Å²) in [7, 11) is 0. The second-order valence-corrected chi connectivity index (χ2v) is 9.62. The second-order valence-electron chi connectivity index (χ2n) is 9.62. The molecule has 0 spiro atoms. The molecule has 1 saturated carbocycles. The number of hydrogen-bond donors (Lipinski definition) is 3. The topological polar surface area (TPSA) is 99.1 Å². The Kier molecular flexibility index (Phi) is 4.48. The minimum Gasteiger partial charge on any atom is -0.347 e. The summed E-state index contributed by atoms with van der Waals surface area (Å²) in [4.78, 5) is 19.7. The molecule has 3 saturated heterocycles. The van der Waals surface area contributed by atoms with Crippen molar-refractivity contribution >= 4 is 28.6 Å². The number of aromatic amines is 1. The van der Waals surface area contributed by atoms with E-state index in [4.69, 9.17) is 9.97 Å². The number of nitrogens with zero attached hydrogens (tertiary/aromatic N) is 6. The molecule has 8 rings (SSSR count). The molecule has 0 amide bonds. The SMILES string of the molecule is Fc1cc2nc(CNc3nc(N4CC5CCCC4CN5)nc4c(C5CC5)cnn34)[nH]c2cc1F. The van der Waals surface area contributed by atoms with Crippen molar-refractivity contribution in [2.75, 3.05) is 23.3 Å². The van der Waals surface area contributed by atoms with Gasteiger partial charge in [0, 0.05) is 42.9 Å². The van der Waals surface area contributed by atoms with E-state index < -0.39 is 11.6 Å². The van der Waals surface area contributed by atoms with Gasteiger partial charge in [0.05, 0.1) is 23.8 Å². The van der Waals surface area contributed by atoms with Crippen LogP contribution in [0.4, 0.5) is 20.7 Å². The highest BCUT2D eigenvalue weighted by atomic mass is 19.2. The van der Waals surface area contributed by atoms with Gasteiger partial charge in [-0.1, -0.05) is 0 Å². The number of hydrogen-bond acceptors (Lipinski definition) is 7. The van der Waals surface area contributed by atoms with E-state index in [1.165, 1.54) is 18.4 Å². The summed E-state index contributed by atoms with van der Waals surface area (Å²) < 4.78 is 28.9. The van der Waals surface area contributed by atoms with Crippen LogP contribution in [0.3, 0.4) is 0 Å². The summed E-state index contributed by atoms with van der Waals surface area (Å²) in [5.74, 6) is 0.563. The maximum Gasteiger partial charge on any atom is 0.231 e. The number of piperazine rings is 1. The lowest BCUT2D eigenvalue weighted by Crippen LogP contribution is -2.55. The van der Waals surface area contributed by atoms with Crippen molar-refractivity contribution in [2.24, 2.45) is 0 Å². The summed E-state index contributed by atoms with van der Waals surface area (Å²) in [6.45, 7) is 2.15. The Hall–Kier alpha value is -3.34. The normalized spacial score (nSPS) is 22.6. The van der Waals surface area contributed by atoms with E-state index in [0.29, 0.717) is 47.4 Å². The third-order valence-corrected chi connectivity index (χ3v) is 7.23. The van der Waals surface area contributed by atoms with E-state index in [0.717, 1.165) is 56.1 Å². The first-order valence-corrected chi connectivity index (χ1v) is 12.0. The van der Waals surface area contributed by atoms with E-state index in [9.17, 15) is 8.78 Å². The summed E-state index contributed by atoms with van der Waals surface area (Å²) in [6, 6.07) is 3.06. The van der Waals surface area contributed by atoms with Gasteiger partial charge in [0.25, 0.3) is 0 Å². The minimum atomic E-state index is -0.911. The van der Waals surface area contributed by atoms with Crippen molar-refractivity contribution < 1.29 is 8.78 Å². The van der Waals surface area contributed by atoms with Crippen LogP contribution < -0.4 is 15.5 Å². The molecule has 11 heteroatoms. The standard InChI is InChI=1S/C23H25F2N9/c24-16-6-18-19(7-17(16)25)30-20(29-18)10-27-22-32-23(33-11-13-2-1-3-14(33)8-26-13)31-21-15(12-4-5-12)9-28-34(21)22/h6-7,9,12-14,26H,1-5,8,10-11H2,(H,29,30)(H,27,31,32). The molecule has 1 aliphatic carbocycles. The van der Waals surface area contributed by atoms with Crippen molar-refractivity contribution in [3.8, 4) is 0 Å². The maximum atomic E-state index is 13.6. The number of aromatic nitrogens is 6. The first kappa shape index (κ1) is 20.1. The fourth-order valence-electron chi connectivity index (χ4n) is 5.27. The Bertz CT molecular complexity index is 1350. The molecule has 1 aromatic carbocycles. The molecule has 2 unspecified atom stereocenters. The van der Waals surface area contributed by atoms with Gasteiger partial charge in [-0.2, -0.15) is 19.6 Å². The van der Waals surface area contributed by atoms with Gasteiger partial charge in [0.1, 0.15) is 5.82 Å². The Morgan fingerprint density at radius 3 is 2.82 bits per heavy atom. The van der Waals surface area contributed by atoms with Crippen LogP contribution in [0.5, 0.6) is 0 Å². The number of rotatable bonds is 5. The summed E-state index contributed by atoms with van der Waals surface area (Å²) in [5, 5.41) is 11.5. The van der Waals surface area contributed by atoms with Crippen LogP contribution in [0.2, 0.25) is 0 Å². The highest BCUT2D eigenvalue weighted by molar-refractivity contribution is 5.75. The quantitative estimate of drug-likeness (QED) is 0.417. The lowest BCUT2D eigenvalue weighted by Gasteiger charge is -2.37. The fraction of sp³-hybridized carbons (Fsp3) is 0.478. The van der Waals surface area contributed by atoms with Gasteiger partial charge in [-0.05, 0) is 38.0 Å². The largest absolute Gasteiger partial charge is 0.347 e. The summed E-state index contributed by atoms with van der Waals surface area (Å²) in [5.41, 5.74) is 2.84. The van der Waals surface area contributed by atoms with E-state index in [1.807, 2.05) is 6.20 Å². The number of imidazole rings is 1. The molecule has 4 aliphatic rings. The van der Waals surface area contributed by atoms with E-state index in [1.54, 1.807) is 4.52 Å². The zero-order valence-electron chi connectivity index (χ0n) is 18.6. The van der Waals surface area contributed by atoms with Crippen molar-refractivity contribution in [1.29, 1.82) is 0 Å². The monoisotopic (exact) mass is 465 g/mol. The Morgan fingerprint density at radius 2 is 1.94 bits per heavy atom. The molecular weight excluding hydrogens is 440 g/mol. The Labute approximate surface area is 194 Å². The van der Waals surface area contributed by atoms with Crippen molar-refractivity contribution in [3.63, 3.8) is 0 Å². The van der Waals surface area contributed by atoms with Crippen LogP contribution in [-0.4, -0.2) is 54.7 Å². The Balaban J connectivity index is 1.25. The Morgan fingerprint density at radius 1 is 1.06 bits per heavy atom. The molecule has 0 radical (unpaired) electrons. The molecular formula is C23H25F2N9. The maximum absolute atomic E-state index is 13.6. The van der Waals surface area contributed by atoms with Crippen LogP contribution in [0, 0.1) is 11.6 Å². The lowest BCUT2D eigenvalue weighted by molar-refractivity contribution is 0.419. The van der Waals surface area contributed by atoms with Crippen LogP contribution in [-0.2, 0) is 6.54 Å². The van der Waals surface area contributed by atoms with Crippen molar-refractivity contribution in [3.05, 3.63) is 41.4 Å². The average Bonchev–Trinajstić information content (AvgIpc) is 3.57.